The van der Waals surface area contributed by atoms with Gasteiger partial charge in [-0.15, -0.1) is 0 Å². The molecule has 0 aromatic carbocycles. The van der Waals surface area contributed by atoms with Crippen LogP contribution in [0.4, 0.5) is 0 Å². The largest absolute Gasteiger partial charge is 0.314 e. The smallest absolute Gasteiger partial charge is 0.147 e. The maximum Gasteiger partial charge on any atom is 0.147 e. The van der Waals surface area contributed by atoms with E-state index in [1.54, 1.807) is 0 Å². The minimum Gasteiger partial charge on any atom is -0.314 e. The molecule has 1 rings (SSSR count). The molecule has 0 aromatic heterocycles. The van der Waals surface area contributed by atoms with Gasteiger partial charge in [-0.25, -0.2) is 8.42 Å². The Bertz CT molecular complexity index is 287. The van der Waals surface area contributed by atoms with Gasteiger partial charge in [-0.1, -0.05) is 19.8 Å². The lowest BCUT2D eigenvalue weighted by Gasteiger charge is -2.29. The Morgan fingerprint density at radius 3 is 2.50 bits per heavy atom. The quantitative estimate of drug-likeness (QED) is 0.730. The molecule has 0 aliphatic heterocycles. The third kappa shape index (κ3) is 5.85. The Labute approximate surface area is 99.9 Å². The lowest BCUT2D eigenvalue weighted by Crippen LogP contribution is -2.37. The summed E-state index contributed by atoms with van der Waals surface area (Å²) < 4.78 is 21.9. The third-order valence-electron chi connectivity index (χ3n) is 3.46. The van der Waals surface area contributed by atoms with Crippen LogP contribution in [-0.4, -0.2) is 33.0 Å². The molecule has 1 N–H and O–H groups in total. The fraction of sp³-hybridized carbons (Fsp3) is 1.00. The van der Waals surface area contributed by atoms with E-state index in [-0.39, 0.29) is 0 Å². The van der Waals surface area contributed by atoms with E-state index >= 15 is 0 Å². The minimum absolute atomic E-state index is 0.328. The van der Waals surface area contributed by atoms with Gasteiger partial charge in [0.1, 0.15) is 9.84 Å². The normalized spacial score (nSPS) is 26.9. The first-order valence-corrected chi connectivity index (χ1v) is 8.46. The summed E-state index contributed by atoms with van der Waals surface area (Å²) in [6.07, 6.45) is 8.39. The van der Waals surface area contributed by atoms with Crippen LogP contribution in [0.15, 0.2) is 0 Å². The molecule has 0 unspecified atom stereocenters. The van der Waals surface area contributed by atoms with Gasteiger partial charge in [0.2, 0.25) is 0 Å². The van der Waals surface area contributed by atoms with Gasteiger partial charge in [0, 0.05) is 18.1 Å². The van der Waals surface area contributed by atoms with Crippen LogP contribution in [0.25, 0.3) is 0 Å². The first-order chi connectivity index (χ1) is 7.49. The van der Waals surface area contributed by atoms with Gasteiger partial charge in [0.05, 0.1) is 0 Å². The summed E-state index contributed by atoms with van der Waals surface area (Å²) in [4.78, 5) is 0. The topological polar surface area (TPSA) is 46.2 Å². The fourth-order valence-electron chi connectivity index (χ4n) is 2.40. The van der Waals surface area contributed by atoms with Crippen LogP contribution < -0.4 is 5.32 Å². The zero-order valence-corrected chi connectivity index (χ0v) is 11.4. The molecule has 0 radical (unpaired) electrons. The summed E-state index contributed by atoms with van der Waals surface area (Å²) in [5.41, 5.74) is 0. The van der Waals surface area contributed by atoms with Crippen molar-refractivity contribution in [1.29, 1.82) is 0 Å². The van der Waals surface area contributed by atoms with Gasteiger partial charge in [-0.3, -0.25) is 0 Å². The minimum atomic E-state index is -2.77. The van der Waals surface area contributed by atoms with Gasteiger partial charge >= 0.3 is 0 Å². The van der Waals surface area contributed by atoms with Crippen molar-refractivity contribution in [2.45, 2.75) is 51.5 Å². The van der Waals surface area contributed by atoms with Crippen LogP contribution in [0.2, 0.25) is 0 Å². The van der Waals surface area contributed by atoms with Crippen LogP contribution in [0.5, 0.6) is 0 Å². The molecule has 1 saturated carbocycles. The molecule has 0 bridgehead atoms. The highest BCUT2D eigenvalue weighted by atomic mass is 32.2. The molecule has 0 amide bonds. The number of nitrogens with one attached hydrogen (secondary N) is 1. The Kier molecular flexibility index (Phi) is 5.76. The summed E-state index contributed by atoms with van der Waals surface area (Å²) >= 11 is 0. The predicted octanol–water partition coefficient (Wildman–Crippen LogP) is 1.98. The zero-order valence-electron chi connectivity index (χ0n) is 10.5. The highest BCUT2D eigenvalue weighted by Crippen LogP contribution is 2.23. The Hall–Kier alpha value is -0.0900. The second kappa shape index (κ2) is 6.60. The predicted molar refractivity (Wildman–Crippen MR) is 68.4 cm³/mol. The van der Waals surface area contributed by atoms with E-state index in [4.69, 9.17) is 0 Å². The van der Waals surface area contributed by atoms with E-state index in [1.807, 2.05) is 0 Å². The van der Waals surface area contributed by atoms with Gasteiger partial charge in [0.15, 0.2) is 0 Å². The van der Waals surface area contributed by atoms with Crippen molar-refractivity contribution in [3.8, 4) is 0 Å². The fourth-order valence-corrected chi connectivity index (χ4v) is 3.12. The van der Waals surface area contributed by atoms with Crippen LogP contribution in [-0.2, 0) is 9.84 Å². The average Bonchev–Trinajstić information content (AvgIpc) is 2.18. The molecular weight excluding hydrogens is 222 g/mol. The van der Waals surface area contributed by atoms with Gasteiger partial charge < -0.3 is 5.32 Å². The molecule has 0 heterocycles. The summed E-state index contributed by atoms with van der Waals surface area (Å²) in [5, 5.41) is 3.56. The maximum absolute atomic E-state index is 10.9. The molecule has 1 fully saturated rings. The van der Waals surface area contributed by atoms with Crippen LogP contribution in [0.3, 0.4) is 0 Å². The van der Waals surface area contributed by atoms with Crippen molar-refractivity contribution in [2.75, 3.05) is 18.6 Å². The van der Waals surface area contributed by atoms with E-state index in [0.717, 1.165) is 25.3 Å². The molecule has 3 nitrogen and oxygen atoms in total. The number of hydrogen-bond donors (Lipinski definition) is 1. The van der Waals surface area contributed by atoms with Crippen molar-refractivity contribution in [3.05, 3.63) is 0 Å². The van der Waals surface area contributed by atoms with E-state index in [9.17, 15) is 8.42 Å². The van der Waals surface area contributed by atoms with Crippen molar-refractivity contribution < 1.29 is 8.42 Å². The molecule has 16 heavy (non-hydrogen) atoms. The summed E-state index contributed by atoms with van der Waals surface area (Å²) in [5.74, 6) is 1.11. The Morgan fingerprint density at radius 2 is 1.88 bits per heavy atom. The first-order valence-electron chi connectivity index (χ1n) is 6.40. The molecule has 96 valence electrons. The highest BCUT2D eigenvalue weighted by Gasteiger charge is 2.19. The number of hydrogen-bond acceptors (Lipinski definition) is 3. The van der Waals surface area contributed by atoms with E-state index in [0.29, 0.717) is 11.8 Å². The molecule has 1 aliphatic carbocycles. The average molecular weight is 247 g/mol. The second-order valence-electron chi connectivity index (χ2n) is 5.16. The molecule has 0 aromatic rings. The molecule has 2 atom stereocenters. The number of sulfone groups is 1. The number of rotatable bonds is 6. The monoisotopic (exact) mass is 247 g/mol. The second-order valence-corrected chi connectivity index (χ2v) is 7.42. The summed E-state index contributed by atoms with van der Waals surface area (Å²) in [7, 11) is -2.77. The SMILES string of the molecule is C[C@@H]1CCCC[C@@H]1NCCCCS(C)(=O)=O. The lowest BCUT2D eigenvalue weighted by molar-refractivity contribution is 0.280. The molecule has 0 saturated heterocycles. The van der Waals surface area contributed by atoms with Crippen LogP contribution in [0.1, 0.15) is 45.4 Å². The Balaban J connectivity index is 2.06. The van der Waals surface area contributed by atoms with Gasteiger partial charge in [0.25, 0.3) is 0 Å². The van der Waals surface area contributed by atoms with E-state index in [1.165, 1.54) is 31.9 Å². The van der Waals surface area contributed by atoms with E-state index < -0.39 is 9.84 Å². The summed E-state index contributed by atoms with van der Waals surface area (Å²) in [6, 6.07) is 0.659. The maximum atomic E-state index is 10.9. The van der Waals surface area contributed by atoms with Gasteiger partial charge in [-0.05, 0) is 38.1 Å². The highest BCUT2D eigenvalue weighted by molar-refractivity contribution is 7.90. The van der Waals surface area contributed by atoms with Crippen molar-refractivity contribution in [1.82, 2.24) is 5.32 Å². The number of unbranched alkanes of at least 4 members (excludes halogenated alkanes) is 1. The standard InChI is InChI=1S/C12H25NO2S/c1-11-7-3-4-8-12(11)13-9-5-6-10-16(2,14)15/h11-13H,3-10H2,1-2H3/t11-,12+/m1/s1. The molecule has 1 aliphatic rings. The van der Waals surface area contributed by atoms with Crippen LogP contribution in [0, 0.1) is 5.92 Å². The lowest BCUT2D eigenvalue weighted by atomic mass is 9.86. The van der Waals surface area contributed by atoms with E-state index in [2.05, 4.69) is 12.2 Å². The van der Waals surface area contributed by atoms with Crippen molar-refractivity contribution >= 4 is 9.84 Å². The molecule has 0 spiro atoms. The zero-order chi connectivity index (χ0) is 12.0. The van der Waals surface area contributed by atoms with Crippen molar-refractivity contribution in [2.24, 2.45) is 5.92 Å². The van der Waals surface area contributed by atoms with Crippen LogP contribution >= 0.6 is 0 Å². The molecule has 4 heteroatoms. The van der Waals surface area contributed by atoms with Crippen molar-refractivity contribution in [3.63, 3.8) is 0 Å². The Morgan fingerprint density at radius 1 is 1.19 bits per heavy atom. The summed E-state index contributed by atoms with van der Waals surface area (Å²) in [6.45, 7) is 3.28. The third-order valence-corrected chi connectivity index (χ3v) is 4.49. The first kappa shape index (κ1) is 14.0. The van der Waals surface area contributed by atoms with Gasteiger partial charge in [-0.2, -0.15) is 0 Å². The molecular formula is C12H25NO2S.